The Kier molecular flexibility index (Phi) is 7.05. The molecule has 1 aromatic carbocycles. The molecule has 1 rings (SSSR count). The Hall–Kier alpha value is -2.57. The Morgan fingerprint density at radius 2 is 1.96 bits per heavy atom. The summed E-state index contributed by atoms with van der Waals surface area (Å²) in [7, 11) is 0. The van der Waals surface area contributed by atoms with Crippen LogP contribution < -0.4 is 10.6 Å². The number of carboxylic acid groups (broad SMARTS) is 1. The molecule has 1 unspecified atom stereocenters. The van der Waals surface area contributed by atoms with Crippen molar-refractivity contribution in [3.63, 3.8) is 0 Å². The molecule has 1 aromatic rings. The normalized spacial score (nSPS) is 11.6. The van der Waals surface area contributed by atoms with Crippen LogP contribution in [0.25, 0.3) is 0 Å². The standard InChI is InChI=1S/C16H22N2O5/c1-3-4-12(16(22)23)18-14(20)7-8-17-15(21)11-6-5-10(2)9-13(11)19/h5-6,9,12,19H,3-4,7-8H2,1-2H3,(H,17,21)(H,18,20)(H,22,23). The number of hydrogen-bond donors (Lipinski definition) is 4. The van der Waals surface area contributed by atoms with Crippen LogP contribution in [0.4, 0.5) is 0 Å². The zero-order chi connectivity index (χ0) is 17.4. The molecule has 0 saturated carbocycles. The first-order chi connectivity index (χ1) is 10.8. The highest BCUT2D eigenvalue weighted by Gasteiger charge is 2.18. The van der Waals surface area contributed by atoms with E-state index in [4.69, 9.17) is 5.11 Å². The van der Waals surface area contributed by atoms with Crippen LogP contribution in [-0.2, 0) is 9.59 Å². The fraction of sp³-hybridized carbons (Fsp3) is 0.438. The van der Waals surface area contributed by atoms with E-state index in [1.54, 1.807) is 13.0 Å². The highest BCUT2D eigenvalue weighted by molar-refractivity contribution is 5.97. The minimum atomic E-state index is -1.08. The van der Waals surface area contributed by atoms with Gasteiger partial charge in [-0.3, -0.25) is 9.59 Å². The molecule has 1 atom stereocenters. The van der Waals surface area contributed by atoms with Gasteiger partial charge < -0.3 is 20.8 Å². The first-order valence-corrected chi connectivity index (χ1v) is 7.45. The molecule has 0 aliphatic rings. The second-order valence-corrected chi connectivity index (χ2v) is 5.27. The number of aromatic hydroxyl groups is 1. The van der Waals surface area contributed by atoms with Gasteiger partial charge in [0.1, 0.15) is 11.8 Å². The molecule has 0 heterocycles. The third kappa shape index (κ3) is 5.98. The summed E-state index contributed by atoms with van der Waals surface area (Å²) in [5, 5.41) is 23.6. The fourth-order valence-electron chi connectivity index (χ4n) is 2.03. The molecular weight excluding hydrogens is 300 g/mol. The predicted molar refractivity (Wildman–Crippen MR) is 84.3 cm³/mol. The van der Waals surface area contributed by atoms with Gasteiger partial charge in [-0.1, -0.05) is 19.4 Å². The molecule has 23 heavy (non-hydrogen) atoms. The first kappa shape index (κ1) is 18.5. The van der Waals surface area contributed by atoms with E-state index in [0.717, 1.165) is 5.56 Å². The van der Waals surface area contributed by atoms with Crippen molar-refractivity contribution in [2.45, 2.75) is 39.2 Å². The summed E-state index contributed by atoms with van der Waals surface area (Å²) in [5.74, 6) is -2.13. The van der Waals surface area contributed by atoms with Crippen LogP contribution in [-0.4, -0.2) is 40.6 Å². The summed E-state index contributed by atoms with van der Waals surface area (Å²) >= 11 is 0. The highest BCUT2D eigenvalue weighted by Crippen LogP contribution is 2.17. The number of nitrogens with one attached hydrogen (secondary N) is 2. The Labute approximate surface area is 134 Å². The lowest BCUT2D eigenvalue weighted by atomic mass is 10.1. The van der Waals surface area contributed by atoms with Gasteiger partial charge in [0, 0.05) is 13.0 Å². The number of carbonyl (C=O) groups excluding carboxylic acids is 2. The molecule has 4 N–H and O–H groups in total. The molecule has 0 aliphatic heterocycles. The summed E-state index contributed by atoms with van der Waals surface area (Å²) in [6.45, 7) is 3.67. The topological polar surface area (TPSA) is 116 Å². The minimum absolute atomic E-state index is 0.0359. The second kappa shape index (κ2) is 8.77. The van der Waals surface area contributed by atoms with Gasteiger partial charge in [0.05, 0.1) is 5.56 Å². The molecule has 7 nitrogen and oxygen atoms in total. The van der Waals surface area contributed by atoms with Crippen LogP contribution in [0.2, 0.25) is 0 Å². The number of benzene rings is 1. The Bertz CT molecular complexity index is 586. The van der Waals surface area contributed by atoms with Crippen LogP contribution in [0.1, 0.15) is 42.1 Å². The number of amides is 2. The number of phenolic OH excluding ortho intramolecular Hbond substituents is 1. The van der Waals surface area contributed by atoms with Gasteiger partial charge in [-0.25, -0.2) is 4.79 Å². The number of carboxylic acids is 1. The Morgan fingerprint density at radius 1 is 1.26 bits per heavy atom. The SMILES string of the molecule is CCCC(NC(=O)CCNC(=O)c1ccc(C)cc1O)C(=O)O. The summed E-state index contributed by atoms with van der Waals surface area (Å²) < 4.78 is 0. The van der Waals surface area contributed by atoms with Crippen LogP contribution in [0.3, 0.4) is 0 Å². The van der Waals surface area contributed by atoms with Gasteiger partial charge in [-0.05, 0) is 31.0 Å². The van der Waals surface area contributed by atoms with Crippen molar-refractivity contribution >= 4 is 17.8 Å². The lowest BCUT2D eigenvalue weighted by molar-refractivity contribution is -0.142. The minimum Gasteiger partial charge on any atom is -0.507 e. The summed E-state index contributed by atoms with van der Waals surface area (Å²) in [6, 6.07) is 3.76. The van der Waals surface area contributed by atoms with Crippen molar-refractivity contribution in [1.82, 2.24) is 10.6 Å². The molecule has 0 fully saturated rings. The van der Waals surface area contributed by atoms with Crippen LogP contribution in [0.15, 0.2) is 18.2 Å². The summed E-state index contributed by atoms with van der Waals surface area (Å²) in [4.78, 5) is 34.5. The van der Waals surface area contributed by atoms with E-state index in [1.807, 2.05) is 6.92 Å². The van der Waals surface area contributed by atoms with Gasteiger partial charge in [-0.15, -0.1) is 0 Å². The molecule has 0 aromatic heterocycles. The van der Waals surface area contributed by atoms with Crippen molar-refractivity contribution in [3.05, 3.63) is 29.3 Å². The van der Waals surface area contributed by atoms with Crippen LogP contribution >= 0.6 is 0 Å². The first-order valence-electron chi connectivity index (χ1n) is 7.45. The lowest BCUT2D eigenvalue weighted by Crippen LogP contribution is -2.41. The molecule has 0 bridgehead atoms. The quantitative estimate of drug-likeness (QED) is 0.574. The van der Waals surface area contributed by atoms with Crippen LogP contribution in [0.5, 0.6) is 5.75 Å². The van der Waals surface area contributed by atoms with Gasteiger partial charge >= 0.3 is 5.97 Å². The number of aliphatic carboxylic acids is 1. The van der Waals surface area contributed by atoms with E-state index in [0.29, 0.717) is 12.8 Å². The van der Waals surface area contributed by atoms with E-state index in [9.17, 15) is 19.5 Å². The number of aryl methyl sites for hydroxylation is 1. The molecule has 0 spiro atoms. The van der Waals surface area contributed by atoms with Crippen molar-refractivity contribution in [3.8, 4) is 5.75 Å². The summed E-state index contributed by atoms with van der Waals surface area (Å²) in [6.07, 6.45) is 0.956. The molecular formula is C16H22N2O5. The second-order valence-electron chi connectivity index (χ2n) is 5.27. The zero-order valence-electron chi connectivity index (χ0n) is 13.3. The Balaban J connectivity index is 2.45. The number of carbonyl (C=O) groups is 3. The van der Waals surface area contributed by atoms with Gasteiger partial charge in [0.2, 0.25) is 5.91 Å². The number of rotatable bonds is 8. The van der Waals surface area contributed by atoms with Gasteiger partial charge in [0.25, 0.3) is 5.91 Å². The van der Waals surface area contributed by atoms with E-state index < -0.39 is 23.8 Å². The number of phenols is 1. The van der Waals surface area contributed by atoms with Crippen molar-refractivity contribution in [2.24, 2.45) is 0 Å². The molecule has 0 saturated heterocycles. The molecule has 126 valence electrons. The zero-order valence-corrected chi connectivity index (χ0v) is 13.3. The maximum atomic E-state index is 11.9. The molecule has 0 aliphatic carbocycles. The maximum Gasteiger partial charge on any atom is 0.326 e. The third-order valence-electron chi connectivity index (χ3n) is 3.25. The lowest BCUT2D eigenvalue weighted by Gasteiger charge is -2.13. The molecule has 2 amide bonds. The largest absolute Gasteiger partial charge is 0.507 e. The van der Waals surface area contributed by atoms with Gasteiger partial charge in [-0.2, -0.15) is 0 Å². The van der Waals surface area contributed by atoms with E-state index >= 15 is 0 Å². The van der Waals surface area contributed by atoms with Crippen molar-refractivity contribution in [2.75, 3.05) is 6.54 Å². The maximum absolute atomic E-state index is 11.9. The third-order valence-corrected chi connectivity index (χ3v) is 3.25. The van der Waals surface area contributed by atoms with E-state index in [-0.39, 0.29) is 24.3 Å². The van der Waals surface area contributed by atoms with Gasteiger partial charge in [0.15, 0.2) is 0 Å². The van der Waals surface area contributed by atoms with E-state index in [1.165, 1.54) is 12.1 Å². The Morgan fingerprint density at radius 3 is 2.52 bits per heavy atom. The van der Waals surface area contributed by atoms with Crippen molar-refractivity contribution in [1.29, 1.82) is 0 Å². The number of hydrogen-bond acceptors (Lipinski definition) is 4. The molecule has 0 radical (unpaired) electrons. The smallest absolute Gasteiger partial charge is 0.326 e. The predicted octanol–water partition coefficient (Wildman–Crippen LogP) is 1.19. The molecule has 7 heteroatoms. The van der Waals surface area contributed by atoms with E-state index in [2.05, 4.69) is 10.6 Å². The average molecular weight is 322 g/mol. The fourth-order valence-corrected chi connectivity index (χ4v) is 2.03. The van der Waals surface area contributed by atoms with Crippen molar-refractivity contribution < 1.29 is 24.6 Å². The highest BCUT2D eigenvalue weighted by atomic mass is 16.4. The van der Waals surface area contributed by atoms with Crippen LogP contribution in [0, 0.1) is 6.92 Å². The monoisotopic (exact) mass is 322 g/mol. The summed E-state index contributed by atoms with van der Waals surface area (Å²) in [5.41, 5.74) is 0.958. The average Bonchev–Trinajstić information content (AvgIpc) is 2.46.